The van der Waals surface area contributed by atoms with E-state index in [4.69, 9.17) is 0 Å². The Morgan fingerprint density at radius 2 is 1.48 bits per heavy atom. The smallest absolute Gasteiger partial charge is 0.257 e. The Morgan fingerprint density at radius 3 is 1.96 bits per heavy atom. The Labute approximate surface area is 149 Å². The normalized spacial score (nSPS) is 11.0. The van der Waals surface area contributed by atoms with E-state index in [1.54, 1.807) is 10.9 Å². The number of aromatic nitrogens is 2. The standard InChI is InChI=1S/C22H24N2O/c1-3-11-19-20(4-2)23-16-24(22(19)25)21(17-12-7-5-8-13-17)18-14-9-6-10-15-18/h5-10,12-16,21H,3-4,11H2,1-2H3. The molecule has 3 rings (SSSR count). The molecule has 2 aromatic carbocycles. The molecule has 0 bridgehead atoms. The van der Waals surface area contributed by atoms with Crippen LogP contribution >= 0.6 is 0 Å². The van der Waals surface area contributed by atoms with Crippen molar-refractivity contribution in [2.45, 2.75) is 39.2 Å². The van der Waals surface area contributed by atoms with E-state index in [1.165, 1.54) is 0 Å². The molecule has 0 radical (unpaired) electrons. The van der Waals surface area contributed by atoms with Crippen LogP contribution in [0.2, 0.25) is 0 Å². The number of hydrogen-bond donors (Lipinski definition) is 0. The van der Waals surface area contributed by atoms with Gasteiger partial charge >= 0.3 is 0 Å². The largest absolute Gasteiger partial charge is 0.287 e. The first-order valence-electron chi connectivity index (χ1n) is 8.95. The van der Waals surface area contributed by atoms with Crippen molar-refractivity contribution in [1.82, 2.24) is 9.55 Å². The lowest BCUT2D eigenvalue weighted by molar-refractivity contribution is 0.617. The summed E-state index contributed by atoms with van der Waals surface area (Å²) in [7, 11) is 0. The molecule has 128 valence electrons. The van der Waals surface area contributed by atoms with Crippen molar-refractivity contribution in [3.63, 3.8) is 0 Å². The molecule has 0 aliphatic heterocycles. The fraction of sp³-hybridized carbons (Fsp3) is 0.273. The summed E-state index contributed by atoms with van der Waals surface area (Å²) in [6, 6.07) is 20.1. The predicted molar refractivity (Wildman–Crippen MR) is 102 cm³/mol. The third kappa shape index (κ3) is 3.55. The molecular formula is C22H24N2O. The van der Waals surface area contributed by atoms with E-state index < -0.39 is 0 Å². The van der Waals surface area contributed by atoms with Gasteiger partial charge in [-0.25, -0.2) is 4.98 Å². The monoisotopic (exact) mass is 332 g/mol. The predicted octanol–water partition coefficient (Wildman–Crippen LogP) is 4.40. The van der Waals surface area contributed by atoms with E-state index in [1.807, 2.05) is 36.4 Å². The third-order valence-corrected chi connectivity index (χ3v) is 4.52. The molecule has 0 aliphatic carbocycles. The van der Waals surface area contributed by atoms with Crippen molar-refractivity contribution in [2.75, 3.05) is 0 Å². The van der Waals surface area contributed by atoms with E-state index in [-0.39, 0.29) is 11.6 Å². The molecule has 1 aromatic heterocycles. The highest BCUT2D eigenvalue weighted by molar-refractivity contribution is 5.33. The maximum absolute atomic E-state index is 13.2. The van der Waals surface area contributed by atoms with Gasteiger partial charge in [0.05, 0.1) is 18.1 Å². The van der Waals surface area contributed by atoms with Crippen LogP contribution in [0.4, 0.5) is 0 Å². The molecule has 0 amide bonds. The molecule has 0 aliphatic rings. The second-order valence-corrected chi connectivity index (χ2v) is 6.21. The highest BCUT2D eigenvalue weighted by Crippen LogP contribution is 2.25. The van der Waals surface area contributed by atoms with Crippen LogP contribution in [-0.2, 0) is 12.8 Å². The van der Waals surface area contributed by atoms with Gasteiger partial charge in [-0.1, -0.05) is 80.9 Å². The highest BCUT2D eigenvalue weighted by Gasteiger charge is 2.20. The summed E-state index contributed by atoms with van der Waals surface area (Å²) in [5.74, 6) is 0. The van der Waals surface area contributed by atoms with Crippen LogP contribution in [0, 0.1) is 0 Å². The summed E-state index contributed by atoms with van der Waals surface area (Å²) in [5, 5.41) is 0. The quantitative estimate of drug-likeness (QED) is 0.671. The molecule has 0 saturated heterocycles. The van der Waals surface area contributed by atoms with Crippen molar-refractivity contribution in [1.29, 1.82) is 0 Å². The van der Waals surface area contributed by atoms with E-state index >= 15 is 0 Å². The summed E-state index contributed by atoms with van der Waals surface area (Å²) < 4.78 is 1.79. The van der Waals surface area contributed by atoms with Crippen molar-refractivity contribution in [3.8, 4) is 0 Å². The molecule has 0 N–H and O–H groups in total. The summed E-state index contributed by atoms with van der Waals surface area (Å²) in [6.45, 7) is 4.15. The molecule has 3 heteroatoms. The Morgan fingerprint density at radius 1 is 0.920 bits per heavy atom. The van der Waals surface area contributed by atoms with Gasteiger partial charge in [-0.3, -0.25) is 9.36 Å². The molecule has 0 spiro atoms. The first kappa shape index (κ1) is 17.2. The van der Waals surface area contributed by atoms with Gasteiger partial charge in [0.25, 0.3) is 5.56 Å². The fourth-order valence-corrected chi connectivity index (χ4v) is 3.32. The summed E-state index contributed by atoms with van der Waals surface area (Å²) >= 11 is 0. The molecule has 0 unspecified atom stereocenters. The zero-order valence-corrected chi connectivity index (χ0v) is 14.9. The van der Waals surface area contributed by atoms with Gasteiger partial charge in [-0.15, -0.1) is 0 Å². The lowest BCUT2D eigenvalue weighted by atomic mass is 9.98. The minimum Gasteiger partial charge on any atom is -0.287 e. The van der Waals surface area contributed by atoms with Gasteiger partial charge in [-0.05, 0) is 24.0 Å². The molecule has 0 saturated carbocycles. The van der Waals surface area contributed by atoms with Crippen LogP contribution in [0.5, 0.6) is 0 Å². The van der Waals surface area contributed by atoms with Crippen molar-refractivity contribution in [3.05, 3.63) is 99.7 Å². The highest BCUT2D eigenvalue weighted by atomic mass is 16.1. The van der Waals surface area contributed by atoms with Crippen molar-refractivity contribution in [2.24, 2.45) is 0 Å². The number of rotatable bonds is 6. The molecule has 3 nitrogen and oxygen atoms in total. The minimum atomic E-state index is -0.163. The van der Waals surface area contributed by atoms with Gasteiger partial charge in [0.1, 0.15) is 0 Å². The minimum absolute atomic E-state index is 0.0754. The van der Waals surface area contributed by atoms with Crippen molar-refractivity contribution >= 4 is 0 Å². The van der Waals surface area contributed by atoms with Crippen LogP contribution in [-0.4, -0.2) is 9.55 Å². The van der Waals surface area contributed by atoms with Crippen LogP contribution in [0.3, 0.4) is 0 Å². The zero-order chi connectivity index (χ0) is 17.6. The Bertz CT molecular complexity index is 830. The van der Waals surface area contributed by atoms with E-state index in [2.05, 4.69) is 43.1 Å². The molecule has 25 heavy (non-hydrogen) atoms. The first-order valence-corrected chi connectivity index (χ1v) is 8.95. The first-order chi connectivity index (χ1) is 12.3. The maximum atomic E-state index is 13.2. The summed E-state index contributed by atoms with van der Waals surface area (Å²) in [5.41, 5.74) is 4.02. The molecule has 1 heterocycles. The van der Waals surface area contributed by atoms with E-state index in [9.17, 15) is 4.79 Å². The molecule has 0 atom stereocenters. The van der Waals surface area contributed by atoms with E-state index in [0.717, 1.165) is 41.6 Å². The maximum Gasteiger partial charge on any atom is 0.257 e. The van der Waals surface area contributed by atoms with Gasteiger partial charge in [0.15, 0.2) is 0 Å². The van der Waals surface area contributed by atoms with Crippen LogP contribution in [0.25, 0.3) is 0 Å². The van der Waals surface area contributed by atoms with Crippen molar-refractivity contribution < 1.29 is 0 Å². The van der Waals surface area contributed by atoms with Gasteiger partial charge < -0.3 is 0 Å². The molecule has 0 fully saturated rings. The lowest BCUT2D eigenvalue weighted by Gasteiger charge is -2.22. The number of hydrogen-bond acceptors (Lipinski definition) is 2. The van der Waals surface area contributed by atoms with Crippen LogP contribution < -0.4 is 5.56 Å². The summed E-state index contributed by atoms with van der Waals surface area (Å²) in [4.78, 5) is 17.9. The van der Waals surface area contributed by atoms with Gasteiger partial charge in [0.2, 0.25) is 0 Å². The second-order valence-electron chi connectivity index (χ2n) is 6.21. The Balaban J connectivity index is 2.21. The lowest BCUT2D eigenvalue weighted by Crippen LogP contribution is -2.30. The van der Waals surface area contributed by atoms with E-state index in [0.29, 0.717) is 0 Å². The number of aryl methyl sites for hydroxylation is 1. The number of benzene rings is 2. The van der Waals surface area contributed by atoms with Gasteiger partial charge in [0, 0.05) is 5.56 Å². The third-order valence-electron chi connectivity index (χ3n) is 4.52. The summed E-state index contributed by atoms with van der Waals surface area (Å²) in [6.07, 6.45) is 4.21. The average Bonchev–Trinajstić information content (AvgIpc) is 2.67. The molecular weight excluding hydrogens is 308 g/mol. The topological polar surface area (TPSA) is 34.9 Å². The Kier molecular flexibility index (Phi) is 5.44. The number of nitrogens with zero attached hydrogens (tertiary/aromatic N) is 2. The molecule has 3 aromatic rings. The SMILES string of the molecule is CCCc1c(CC)ncn(C(c2ccccc2)c2ccccc2)c1=O. The van der Waals surface area contributed by atoms with Crippen LogP contribution in [0.1, 0.15) is 48.7 Å². The van der Waals surface area contributed by atoms with Crippen LogP contribution in [0.15, 0.2) is 71.8 Å². The average molecular weight is 332 g/mol. The second kappa shape index (κ2) is 7.93. The zero-order valence-electron chi connectivity index (χ0n) is 14.9. The Hall–Kier alpha value is -2.68. The van der Waals surface area contributed by atoms with Gasteiger partial charge in [-0.2, -0.15) is 0 Å². The fourth-order valence-electron chi connectivity index (χ4n) is 3.32.